The van der Waals surface area contributed by atoms with Crippen LogP contribution < -0.4 is 15.4 Å². The van der Waals surface area contributed by atoms with Crippen molar-refractivity contribution in [3.05, 3.63) is 29.8 Å². The molecule has 4 atom stereocenters. The van der Waals surface area contributed by atoms with Crippen LogP contribution in [0.4, 0.5) is 22.0 Å². The van der Waals surface area contributed by atoms with E-state index in [1.807, 2.05) is 0 Å². The zero-order valence-electron chi connectivity index (χ0n) is 20.5. The Balaban J connectivity index is 2.04. The summed E-state index contributed by atoms with van der Waals surface area (Å²) in [6.07, 6.45) is -8.41. The van der Waals surface area contributed by atoms with Crippen LogP contribution in [0.25, 0.3) is 0 Å². The summed E-state index contributed by atoms with van der Waals surface area (Å²) in [5, 5.41) is 13.1. The molecule has 8 nitrogen and oxygen atoms in total. The first kappa shape index (κ1) is 30.9. The van der Waals surface area contributed by atoms with Gasteiger partial charge in [0.15, 0.2) is 9.84 Å². The van der Waals surface area contributed by atoms with Gasteiger partial charge in [-0.1, -0.05) is 26.0 Å². The lowest BCUT2D eigenvalue weighted by Gasteiger charge is -2.31. The molecule has 1 amide bonds. The second-order valence-corrected chi connectivity index (χ2v) is 11.7. The number of ether oxygens (including phenoxy) is 1. The summed E-state index contributed by atoms with van der Waals surface area (Å²) in [6.45, 7) is 0.779. The number of carbonyl (C=O) groups excluding carboxylic acids is 2. The van der Waals surface area contributed by atoms with E-state index < -0.39 is 75.8 Å². The number of alkyl halides is 5. The van der Waals surface area contributed by atoms with Gasteiger partial charge in [0.05, 0.1) is 24.2 Å². The molecule has 1 fully saturated rings. The van der Waals surface area contributed by atoms with Gasteiger partial charge < -0.3 is 20.5 Å². The Labute approximate surface area is 211 Å². The molecule has 0 bridgehead atoms. The smallest absolute Gasteiger partial charge is 0.405 e. The third-order valence-electron chi connectivity index (χ3n) is 6.34. The fourth-order valence-electron chi connectivity index (χ4n) is 4.08. The molecule has 0 saturated carbocycles. The molecule has 0 unspecified atom stereocenters. The predicted octanol–water partition coefficient (Wildman–Crippen LogP) is 2.25. The molecule has 0 radical (unpaired) electrons. The van der Waals surface area contributed by atoms with E-state index >= 15 is 0 Å². The standard InChI is InChI=1S/C23H31F5N2O6S/c1-13(2)17(20(32)23(27,28)21(33)30-12-22(24,25)26)9-19(31)18-8-16(10-29-18)37(34,35)11-14-4-6-15(36-3)7-5-14/h4-7,13,16-18,20,29,32H,8-12H2,1-3H3,(H,30,33)/t16-,17+,18+,20-/m1/s1. The van der Waals surface area contributed by atoms with Crippen LogP contribution in [0.5, 0.6) is 5.75 Å². The number of hydrogen-bond donors (Lipinski definition) is 3. The van der Waals surface area contributed by atoms with Crippen molar-refractivity contribution in [3.63, 3.8) is 0 Å². The van der Waals surface area contributed by atoms with E-state index in [0.29, 0.717) is 11.3 Å². The fourth-order valence-corrected chi connectivity index (χ4v) is 5.81. The number of hydrogen-bond acceptors (Lipinski definition) is 7. The van der Waals surface area contributed by atoms with Gasteiger partial charge in [-0.2, -0.15) is 22.0 Å². The minimum absolute atomic E-state index is 0.0419. The van der Waals surface area contributed by atoms with E-state index in [-0.39, 0.29) is 18.7 Å². The summed E-state index contributed by atoms with van der Waals surface area (Å²) in [5.41, 5.74) is 0.518. The van der Waals surface area contributed by atoms with Crippen LogP contribution in [-0.4, -0.2) is 74.9 Å². The van der Waals surface area contributed by atoms with Gasteiger partial charge in [-0.25, -0.2) is 8.42 Å². The molecule has 0 aromatic heterocycles. The van der Waals surface area contributed by atoms with Gasteiger partial charge in [-0.3, -0.25) is 9.59 Å². The van der Waals surface area contributed by atoms with E-state index in [9.17, 15) is 45.1 Å². The molecule has 3 N–H and O–H groups in total. The third kappa shape index (κ3) is 8.34. The molecule has 210 valence electrons. The van der Waals surface area contributed by atoms with Gasteiger partial charge in [0.2, 0.25) is 0 Å². The Morgan fingerprint density at radius 2 is 1.76 bits per heavy atom. The van der Waals surface area contributed by atoms with Crippen LogP contribution in [0.1, 0.15) is 32.3 Å². The minimum Gasteiger partial charge on any atom is -0.497 e. The van der Waals surface area contributed by atoms with Gasteiger partial charge in [0, 0.05) is 18.9 Å². The van der Waals surface area contributed by atoms with Crippen molar-refractivity contribution >= 4 is 21.5 Å². The normalized spacial score (nSPS) is 20.5. The molecule has 1 aromatic carbocycles. The first-order valence-corrected chi connectivity index (χ1v) is 13.2. The summed E-state index contributed by atoms with van der Waals surface area (Å²) in [4.78, 5) is 24.5. The number of aliphatic hydroxyl groups is 1. The average molecular weight is 559 g/mol. The SMILES string of the molecule is COc1ccc(CS(=O)(=O)[C@H]2CN[C@H](C(=O)C[C@@H](C(C)C)[C@@H](O)C(F)(F)C(=O)NCC(F)(F)F)C2)cc1. The number of Topliss-reactive ketones (excluding diaryl/α,β-unsaturated/α-hetero) is 1. The molecular weight excluding hydrogens is 527 g/mol. The zero-order chi connectivity index (χ0) is 28.2. The molecule has 1 heterocycles. The highest BCUT2D eigenvalue weighted by molar-refractivity contribution is 7.91. The second-order valence-electron chi connectivity index (χ2n) is 9.42. The van der Waals surface area contributed by atoms with Crippen molar-refractivity contribution in [1.29, 1.82) is 0 Å². The Kier molecular flexibility index (Phi) is 10.0. The van der Waals surface area contributed by atoms with Crippen LogP contribution >= 0.6 is 0 Å². The molecule has 1 aliphatic rings. The van der Waals surface area contributed by atoms with Crippen LogP contribution in [0.2, 0.25) is 0 Å². The quantitative estimate of drug-likeness (QED) is 0.337. The molecule has 14 heteroatoms. The Morgan fingerprint density at radius 3 is 2.27 bits per heavy atom. The third-order valence-corrected chi connectivity index (χ3v) is 8.45. The number of carbonyl (C=O) groups is 2. The van der Waals surface area contributed by atoms with Crippen LogP contribution in [0.15, 0.2) is 24.3 Å². The summed E-state index contributed by atoms with van der Waals surface area (Å²) in [6, 6.07) is 5.43. The lowest BCUT2D eigenvalue weighted by molar-refractivity contribution is -0.178. The van der Waals surface area contributed by atoms with Gasteiger partial charge in [0.25, 0.3) is 5.91 Å². The maximum absolute atomic E-state index is 14.5. The largest absolute Gasteiger partial charge is 0.497 e. The zero-order valence-corrected chi connectivity index (χ0v) is 21.3. The molecule has 1 aromatic rings. The Bertz CT molecular complexity index is 1050. The molecule has 1 saturated heterocycles. The average Bonchev–Trinajstić information content (AvgIpc) is 3.31. The maximum atomic E-state index is 14.5. The van der Waals surface area contributed by atoms with E-state index in [2.05, 4.69) is 5.32 Å². The van der Waals surface area contributed by atoms with Crippen molar-refractivity contribution in [2.24, 2.45) is 11.8 Å². The Hall–Kier alpha value is -2.32. The van der Waals surface area contributed by atoms with E-state index in [0.717, 1.165) is 5.32 Å². The lowest BCUT2D eigenvalue weighted by atomic mass is 9.81. The van der Waals surface area contributed by atoms with Crippen LogP contribution in [0.3, 0.4) is 0 Å². The lowest BCUT2D eigenvalue weighted by Crippen LogP contribution is -2.54. The number of nitrogens with one attached hydrogen (secondary N) is 2. The first-order valence-electron chi connectivity index (χ1n) is 11.5. The number of sulfone groups is 1. The number of amides is 1. The highest BCUT2D eigenvalue weighted by atomic mass is 32.2. The first-order chi connectivity index (χ1) is 17.0. The number of benzene rings is 1. The van der Waals surface area contributed by atoms with E-state index in [4.69, 9.17) is 4.74 Å². The number of ketones is 1. The molecule has 0 aliphatic carbocycles. The molecular formula is C23H31F5N2O6S. The van der Waals surface area contributed by atoms with Crippen molar-refractivity contribution in [1.82, 2.24) is 10.6 Å². The second kappa shape index (κ2) is 12.0. The van der Waals surface area contributed by atoms with Crippen molar-refractivity contribution in [2.45, 2.75) is 61.9 Å². The van der Waals surface area contributed by atoms with Crippen LogP contribution in [0, 0.1) is 11.8 Å². The van der Waals surface area contributed by atoms with E-state index in [1.54, 1.807) is 24.3 Å². The summed E-state index contributed by atoms with van der Waals surface area (Å²) in [7, 11) is -2.21. The van der Waals surface area contributed by atoms with Gasteiger partial charge >= 0.3 is 12.1 Å². The molecule has 0 spiro atoms. The van der Waals surface area contributed by atoms with Gasteiger partial charge in [0.1, 0.15) is 24.2 Å². The number of aliphatic hydroxyl groups excluding tert-OH is 1. The van der Waals surface area contributed by atoms with Crippen molar-refractivity contribution < 1.29 is 49.8 Å². The number of rotatable bonds is 12. The summed E-state index contributed by atoms with van der Waals surface area (Å²) >= 11 is 0. The topological polar surface area (TPSA) is 122 Å². The van der Waals surface area contributed by atoms with Crippen molar-refractivity contribution in [3.8, 4) is 5.75 Å². The Morgan fingerprint density at radius 1 is 1.16 bits per heavy atom. The molecule has 37 heavy (non-hydrogen) atoms. The van der Waals surface area contributed by atoms with Gasteiger partial charge in [-0.05, 0) is 30.0 Å². The van der Waals surface area contributed by atoms with Crippen LogP contribution in [-0.2, 0) is 25.2 Å². The molecule has 2 rings (SSSR count). The number of halogens is 5. The minimum atomic E-state index is -4.93. The highest BCUT2D eigenvalue weighted by Gasteiger charge is 2.52. The van der Waals surface area contributed by atoms with E-state index in [1.165, 1.54) is 21.0 Å². The fraction of sp³-hybridized carbons (Fsp3) is 0.652. The number of methoxy groups -OCH3 is 1. The van der Waals surface area contributed by atoms with Gasteiger partial charge in [-0.15, -0.1) is 0 Å². The summed E-state index contributed by atoms with van der Waals surface area (Å²) in [5.74, 6) is -9.50. The highest BCUT2D eigenvalue weighted by Crippen LogP contribution is 2.33. The predicted molar refractivity (Wildman–Crippen MR) is 124 cm³/mol. The van der Waals surface area contributed by atoms with Crippen molar-refractivity contribution in [2.75, 3.05) is 20.2 Å². The monoisotopic (exact) mass is 558 g/mol. The molecule has 1 aliphatic heterocycles. The summed E-state index contributed by atoms with van der Waals surface area (Å²) < 4.78 is 96.5. The maximum Gasteiger partial charge on any atom is 0.405 e.